The second kappa shape index (κ2) is 6.07. The van der Waals surface area contributed by atoms with Crippen molar-refractivity contribution < 1.29 is 9.15 Å². The van der Waals surface area contributed by atoms with E-state index in [0.29, 0.717) is 0 Å². The van der Waals surface area contributed by atoms with Gasteiger partial charge in [0.2, 0.25) is 0 Å². The number of rotatable bonds is 5. The van der Waals surface area contributed by atoms with E-state index in [-0.39, 0.29) is 6.04 Å². The van der Waals surface area contributed by atoms with Crippen LogP contribution in [0.4, 0.5) is 0 Å². The lowest BCUT2D eigenvalue weighted by Crippen LogP contribution is -2.21. The molecule has 1 aromatic heterocycles. The number of methoxy groups -OCH3 is 1. The van der Waals surface area contributed by atoms with Crippen molar-refractivity contribution in [1.82, 2.24) is 5.32 Å². The Hall–Kier alpha value is -1.26. The first-order valence-corrected chi connectivity index (χ1v) is 6.65. The summed E-state index contributed by atoms with van der Waals surface area (Å²) >= 11 is 3.58. The van der Waals surface area contributed by atoms with E-state index in [4.69, 9.17) is 9.15 Å². The largest absolute Gasteiger partial charge is 0.497 e. The van der Waals surface area contributed by atoms with Crippen LogP contribution >= 0.6 is 15.9 Å². The van der Waals surface area contributed by atoms with Crippen LogP contribution in [0, 0.1) is 0 Å². The smallest absolute Gasteiger partial charge is 0.125 e. The van der Waals surface area contributed by atoms with Crippen molar-refractivity contribution in [1.29, 1.82) is 0 Å². The zero-order valence-corrected chi connectivity index (χ0v) is 12.0. The van der Waals surface area contributed by atoms with Gasteiger partial charge in [-0.15, -0.1) is 0 Å². The summed E-state index contributed by atoms with van der Waals surface area (Å²) in [4.78, 5) is 0. The maximum atomic E-state index is 5.50. The molecular formula is C14H16BrNO2. The highest BCUT2D eigenvalue weighted by Gasteiger charge is 2.18. The van der Waals surface area contributed by atoms with Crippen LogP contribution in [0.5, 0.6) is 5.75 Å². The zero-order chi connectivity index (χ0) is 13.0. The topological polar surface area (TPSA) is 34.4 Å². The van der Waals surface area contributed by atoms with Crippen LogP contribution in [0.1, 0.15) is 24.3 Å². The van der Waals surface area contributed by atoms with Gasteiger partial charge in [-0.1, -0.05) is 28.9 Å². The molecule has 0 aliphatic rings. The van der Waals surface area contributed by atoms with Crippen molar-refractivity contribution in [2.75, 3.05) is 13.7 Å². The van der Waals surface area contributed by atoms with Crippen LogP contribution in [0.2, 0.25) is 0 Å². The van der Waals surface area contributed by atoms with Crippen molar-refractivity contribution in [3.8, 4) is 5.75 Å². The molecule has 0 spiro atoms. The van der Waals surface area contributed by atoms with Gasteiger partial charge in [-0.05, 0) is 36.4 Å². The van der Waals surface area contributed by atoms with Crippen molar-refractivity contribution in [2.45, 2.75) is 13.0 Å². The lowest BCUT2D eigenvalue weighted by molar-refractivity contribution is 0.413. The normalized spacial score (nSPS) is 12.4. The number of nitrogens with one attached hydrogen (secondary N) is 1. The summed E-state index contributed by atoms with van der Waals surface area (Å²) in [7, 11) is 1.66. The van der Waals surface area contributed by atoms with E-state index in [0.717, 1.165) is 28.1 Å². The van der Waals surface area contributed by atoms with Crippen molar-refractivity contribution in [3.05, 3.63) is 52.4 Å². The zero-order valence-electron chi connectivity index (χ0n) is 10.4. The van der Waals surface area contributed by atoms with E-state index < -0.39 is 0 Å². The quantitative estimate of drug-likeness (QED) is 0.913. The van der Waals surface area contributed by atoms with Gasteiger partial charge in [0.1, 0.15) is 11.5 Å². The molecule has 2 rings (SSSR count). The molecule has 1 unspecified atom stereocenters. The van der Waals surface area contributed by atoms with Gasteiger partial charge in [0, 0.05) is 4.47 Å². The van der Waals surface area contributed by atoms with Gasteiger partial charge in [0.25, 0.3) is 0 Å². The Morgan fingerprint density at radius 3 is 2.78 bits per heavy atom. The number of hydrogen-bond acceptors (Lipinski definition) is 3. The summed E-state index contributed by atoms with van der Waals surface area (Å²) in [5.41, 5.74) is 1.13. The Balaban J connectivity index is 2.37. The maximum Gasteiger partial charge on any atom is 0.125 e. The predicted molar refractivity (Wildman–Crippen MR) is 74.9 cm³/mol. The van der Waals surface area contributed by atoms with Crippen LogP contribution in [0.15, 0.2) is 45.5 Å². The van der Waals surface area contributed by atoms with E-state index in [1.165, 1.54) is 0 Å². The molecule has 0 aliphatic carbocycles. The first-order chi connectivity index (χ1) is 8.76. The van der Waals surface area contributed by atoms with Crippen LogP contribution < -0.4 is 10.1 Å². The molecule has 1 aromatic carbocycles. The lowest BCUT2D eigenvalue weighted by Gasteiger charge is -2.18. The van der Waals surface area contributed by atoms with Crippen LogP contribution in [-0.2, 0) is 0 Å². The number of ether oxygens (including phenoxy) is 1. The Morgan fingerprint density at radius 1 is 1.39 bits per heavy atom. The first-order valence-electron chi connectivity index (χ1n) is 5.86. The van der Waals surface area contributed by atoms with Gasteiger partial charge in [-0.2, -0.15) is 0 Å². The highest BCUT2D eigenvalue weighted by atomic mass is 79.9. The molecule has 4 heteroatoms. The fraction of sp³-hybridized carbons (Fsp3) is 0.286. The van der Waals surface area contributed by atoms with Crippen molar-refractivity contribution >= 4 is 15.9 Å². The van der Waals surface area contributed by atoms with E-state index in [1.807, 2.05) is 30.3 Å². The highest BCUT2D eigenvalue weighted by Crippen LogP contribution is 2.31. The second-order valence-electron chi connectivity index (χ2n) is 3.89. The average Bonchev–Trinajstić information content (AvgIpc) is 2.90. The van der Waals surface area contributed by atoms with Gasteiger partial charge in [0.05, 0.1) is 19.4 Å². The van der Waals surface area contributed by atoms with Gasteiger partial charge < -0.3 is 14.5 Å². The molecule has 0 fully saturated rings. The molecule has 1 atom stereocenters. The Labute approximate surface area is 115 Å². The minimum atomic E-state index is 0.0466. The maximum absolute atomic E-state index is 5.50. The number of benzene rings is 1. The minimum Gasteiger partial charge on any atom is -0.497 e. The summed E-state index contributed by atoms with van der Waals surface area (Å²) < 4.78 is 11.7. The summed E-state index contributed by atoms with van der Waals surface area (Å²) in [5, 5.41) is 3.42. The van der Waals surface area contributed by atoms with Gasteiger partial charge in [0.15, 0.2) is 0 Å². The molecule has 3 nitrogen and oxygen atoms in total. The molecule has 2 aromatic rings. The Morgan fingerprint density at radius 2 is 2.22 bits per heavy atom. The molecule has 0 radical (unpaired) electrons. The summed E-state index contributed by atoms with van der Waals surface area (Å²) in [5.74, 6) is 1.74. The highest BCUT2D eigenvalue weighted by molar-refractivity contribution is 9.10. The SMILES string of the molecule is CCNC(c1ccco1)c1ccc(OC)cc1Br. The molecule has 0 saturated carbocycles. The van der Waals surface area contributed by atoms with Crippen LogP contribution in [-0.4, -0.2) is 13.7 Å². The lowest BCUT2D eigenvalue weighted by atomic mass is 10.0. The van der Waals surface area contributed by atoms with Gasteiger partial charge >= 0.3 is 0 Å². The molecule has 0 bridgehead atoms. The molecule has 1 heterocycles. The Bertz CT molecular complexity index is 497. The average molecular weight is 310 g/mol. The first kappa shape index (κ1) is 13.2. The number of furan rings is 1. The fourth-order valence-electron chi connectivity index (χ4n) is 1.89. The number of halogens is 1. The standard InChI is InChI=1S/C14H16BrNO2/c1-3-16-14(13-5-4-8-18-13)11-7-6-10(17-2)9-12(11)15/h4-9,14,16H,3H2,1-2H3. The Kier molecular flexibility index (Phi) is 4.44. The molecule has 1 N–H and O–H groups in total. The third-order valence-electron chi connectivity index (χ3n) is 2.75. The predicted octanol–water partition coefficient (Wildman–Crippen LogP) is 3.75. The third-order valence-corrected chi connectivity index (χ3v) is 3.44. The molecule has 18 heavy (non-hydrogen) atoms. The molecular weight excluding hydrogens is 294 g/mol. The molecule has 0 amide bonds. The third kappa shape index (κ3) is 2.76. The molecule has 0 saturated heterocycles. The van der Waals surface area contributed by atoms with Gasteiger partial charge in [-0.25, -0.2) is 0 Å². The van der Waals surface area contributed by atoms with Gasteiger partial charge in [-0.3, -0.25) is 0 Å². The minimum absolute atomic E-state index is 0.0466. The monoisotopic (exact) mass is 309 g/mol. The van der Waals surface area contributed by atoms with Crippen molar-refractivity contribution in [3.63, 3.8) is 0 Å². The molecule has 96 valence electrons. The van der Waals surface area contributed by atoms with E-state index in [1.54, 1.807) is 13.4 Å². The molecule has 0 aliphatic heterocycles. The summed E-state index contributed by atoms with van der Waals surface area (Å²) in [6.45, 7) is 2.94. The van der Waals surface area contributed by atoms with Crippen LogP contribution in [0.25, 0.3) is 0 Å². The van der Waals surface area contributed by atoms with E-state index >= 15 is 0 Å². The summed E-state index contributed by atoms with van der Waals surface area (Å²) in [6, 6.07) is 9.88. The fourth-order valence-corrected chi connectivity index (χ4v) is 2.48. The van der Waals surface area contributed by atoms with Crippen molar-refractivity contribution in [2.24, 2.45) is 0 Å². The number of hydrogen-bond donors (Lipinski definition) is 1. The second-order valence-corrected chi connectivity index (χ2v) is 4.75. The summed E-state index contributed by atoms with van der Waals surface area (Å²) in [6.07, 6.45) is 1.69. The van der Waals surface area contributed by atoms with Crippen LogP contribution in [0.3, 0.4) is 0 Å². The van der Waals surface area contributed by atoms with E-state index in [2.05, 4.69) is 28.2 Å². The van der Waals surface area contributed by atoms with E-state index in [9.17, 15) is 0 Å².